The molecule has 2 aromatic heterocycles. The fraction of sp³-hybridized carbons (Fsp3) is 0.0769. The van der Waals surface area contributed by atoms with Crippen molar-refractivity contribution in [3.05, 3.63) is 102 Å². The molecule has 0 fully saturated rings. The SMILES string of the molecule is Cc1cccc(NC(=O)c2c[nH]c3cccc(SCc4ccnc5ccccc45)c23)c1. The Morgan fingerprint density at radius 1 is 1.03 bits per heavy atom. The number of hydrogen-bond donors (Lipinski definition) is 2. The van der Waals surface area contributed by atoms with Crippen LogP contribution >= 0.6 is 11.8 Å². The Balaban J connectivity index is 1.45. The Kier molecular flexibility index (Phi) is 5.18. The van der Waals surface area contributed by atoms with Gasteiger partial charge in [0.25, 0.3) is 5.91 Å². The van der Waals surface area contributed by atoms with E-state index in [0.29, 0.717) is 5.56 Å². The van der Waals surface area contributed by atoms with Crippen molar-refractivity contribution < 1.29 is 4.79 Å². The van der Waals surface area contributed by atoms with Crippen LogP contribution in [0.1, 0.15) is 21.5 Å². The van der Waals surface area contributed by atoms with Gasteiger partial charge in [0.2, 0.25) is 0 Å². The van der Waals surface area contributed by atoms with E-state index in [9.17, 15) is 4.79 Å². The number of rotatable bonds is 5. The van der Waals surface area contributed by atoms with Gasteiger partial charge in [0, 0.05) is 45.0 Å². The Hall–Kier alpha value is -3.57. The van der Waals surface area contributed by atoms with Gasteiger partial charge in [-0.25, -0.2) is 0 Å². The number of para-hydroxylation sites is 1. The number of benzene rings is 3. The molecular formula is C26H21N3OS. The van der Waals surface area contributed by atoms with E-state index < -0.39 is 0 Å². The lowest BCUT2D eigenvalue weighted by atomic mass is 10.1. The predicted octanol–water partition coefficient (Wildman–Crippen LogP) is 6.57. The molecule has 0 unspecified atom stereocenters. The Morgan fingerprint density at radius 3 is 2.81 bits per heavy atom. The van der Waals surface area contributed by atoms with E-state index in [4.69, 9.17) is 0 Å². The smallest absolute Gasteiger partial charge is 0.257 e. The number of fused-ring (bicyclic) bond motifs is 2. The summed E-state index contributed by atoms with van der Waals surface area (Å²) >= 11 is 1.74. The van der Waals surface area contributed by atoms with Gasteiger partial charge in [0.15, 0.2) is 0 Å². The van der Waals surface area contributed by atoms with E-state index in [1.165, 1.54) is 5.56 Å². The first-order valence-electron chi connectivity index (χ1n) is 10.1. The van der Waals surface area contributed by atoms with Gasteiger partial charge in [-0.15, -0.1) is 11.8 Å². The van der Waals surface area contributed by atoms with Gasteiger partial charge in [0.1, 0.15) is 0 Å². The first kappa shape index (κ1) is 19.4. The van der Waals surface area contributed by atoms with Crippen LogP contribution in [0.2, 0.25) is 0 Å². The third-order valence-electron chi connectivity index (χ3n) is 5.31. The highest BCUT2D eigenvalue weighted by atomic mass is 32.2. The second-order valence-corrected chi connectivity index (χ2v) is 8.50. The van der Waals surface area contributed by atoms with Crippen LogP contribution in [0.15, 0.2) is 90.1 Å². The van der Waals surface area contributed by atoms with Crippen LogP contribution in [-0.4, -0.2) is 15.9 Å². The molecule has 4 nitrogen and oxygen atoms in total. The lowest BCUT2D eigenvalue weighted by Crippen LogP contribution is -2.11. The van der Waals surface area contributed by atoms with Crippen molar-refractivity contribution >= 4 is 45.2 Å². The number of nitrogens with zero attached hydrogens (tertiary/aromatic N) is 1. The van der Waals surface area contributed by atoms with Gasteiger partial charge < -0.3 is 10.3 Å². The molecule has 5 heteroatoms. The quantitative estimate of drug-likeness (QED) is 0.314. The number of carbonyl (C=O) groups is 1. The molecule has 0 bridgehead atoms. The summed E-state index contributed by atoms with van der Waals surface area (Å²) in [5, 5.41) is 5.14. The highest BCUT2D eigenvalue weighted by Gasteiger charge is 2.16. The first-order valence-corrected chi connectivity index (χ1v) is 11.1. The molecule has 0 aliphatic rings. The number of anilines is 1. The van der Waals surface area contributed by atoms with Gasteiger partial charge in [-0.2, -0.15) is 0 Å². The van der Waals surface area contributed by atoms with E-state index in [1.54, 1.807) is 18.0 Å². The van der Waals surface area contributed by atoms with E-state index in [2.05, 4.69) is 33.5 Å². The fourth-order valence-corrected chi connectivity index (χ4v) is 4.91. The summed E-state index contributed by atoms with van der Waals surface area (Å²) in [6, 6.07) is 24.2. The van der Waals surface area contributed by atoms with Gasteiger partial charge in [-0.1, -0.05) is 36.4 Å². The number of nitrogens with one attached hydrogen (secondary N) is 2. The number of thioether (sulfide) groups is 1. The second kappa shape index (κ2) is 8.28. The molecular weight excluding hydrogens is 402 g/mol. The van der Waals surface area contributed by atoms with Crippen LogP contribution in [0.3, 0.4) is 0 Å². The van der Waals surface area contributed by atoms with E-state index in [1.807, 2.05) is 67.7 Å². The Bertz CT molecular complexity index is 1400. The maximum atomic E-state index is 13.1. The third kappa shape index (κ3) is 3.92. The molecule has 31 heavy (non-hydrogen) atoms. The third-order valence-corrected chi connectivity index (χ3v) is 6.42. The van der Waals surface area contributed by atoms with Crippen LogP contribution in [0, 0.1) is 6.92 Å². The predicted molar refractivity (Wildman–Crippen MR) is 129 cm³/mol. The molecule has 5 rings (SSSR count). The van der Waals surface area contributed by atoms with Gasteiger partial charge in [-0.05, 0) is 54.4 Å². The number of amides is 1. The summed E-state index contributed by atoms with van der Waals surface area (Å²) in [7, 11) is 0. The zero-order valence-corrected chi connectivity index (χ0v) is 17.9. The molecule has 1 amide bonds. The number of pyridine rings is 1. The van der Waals surface area contributed by atoms with Crippen LogP contribution in [0.25, 0.3) is 21.8 Å². The summed E-state index contributed by atoms with van der Waals surface area (Å²) < 4.78 is 0. The van der Waals surface area contributed by atoms with Crippen molar-refractivity contribution in [2.24, 2.45) is 0 Å². The maximum absolute atomic E-state index is 13.1. The topological polar surface area (TPSA) is 57.8 Å². The normalized spacial score (nSPS) is 11.1. The van der Waals surface area contributed by atoms with E-state index >= 15 is 0 Å². The van der Waals surface area contributed by atoms with Crippen molar-refractivity contribution in [2.75, 3.05) is 5.32 Å². The van der Waals surface area contributed by atoms with Crippen LogP contribution in [0.4, 0.5) is 5.69 Å². The number of aromatic amines is 1. The van der Waals surface area contributed by atoms with Crippen molar-refractivity contribution in [2.45, 2.75) is 17.6 Å². The number of hydrogen-bond acceptors (Lipinski definition) is 3. The number of carbonyl (C=O) groups excluding carboxylic acids is 1. The molecule has 2 N–H and O–H groups in total. The zero-order valence-electron chi connectivity index (χ0n) is 17.1. The zero-order chi connectivity index (χ0) is 21.2. The molecule has 0 saturated heterocycles. The molecule has 0 atom stereocenters. The monoisotopic (exact) mass is 423 g/mol. The van der Waals surface area contributed by atoms with Gasteiger partial charge in [-0.3, -0.25) is 9.78 Å². The van der Waals surface area contributed by atoms with Crippen LogP contribution in [-0.2, 0) is 5.75 Å². The summed E-state index contributed by atoms with van der Waals surface area (Å²) in [6.45, 7) is 2.01. The average molecular weight is 424 g/mol. The average Bonchev–Trinajstić information content (AvgIpc) is 3.23. The molecule has 0 aliphatic carbocycles. The highest BCUT2D eigenvalue weighted by Crippen LogP contribution is 2.34. The lowest BCUT2D eigenvalue weighted by molar-refractivity contribution is 0.102. The van der Waals surface area contributed by atoms with Crippen molar-refractivity contribution in [1.29, 1.82) is 0 Å². The minimum absolute atomic E-state index is 0.112. The molecule has 2 heterocycles. The summed E-state index contributed by atoms with van der Waals surface area (Å²) in [5.41, 5.74) is 5.75. The molecule has 152 valence electrons. The Morgan fingerprint density at radius 2 is 1.90 bits per heavy atom. The largest absolute Gasteiger partial charge is 0.360 e. The van der Waals surface area contributed by atoms with E-state index in [-0.39, 0.29) is 5.91 Å². The molecule has 3 aromatic carbocycles. The minimum atomic E-state index is -0.112. The second-order valence-electron chi connectivity index (χ2n) is 7.48. The van der Waals surface area contributed by atoms with Crippen LogP contribution in [0.5, 0.6) is 0 Å². The van der Waals surface area contributed by atoms with E-state index in [0.717, 1.165) is 43.7 Å². The van der Waals surface area contributed by atoms with Crippen molar-refractivity contribution in [3.63, 3.8) is 0 Å². The lowest BCUT2D eigenvalue weighted by Gasteiger charge is -2.09. The molecule has 0 spiro atoms. The molecule has 0 radical (unpaired) electrons. The molecule has 0 aliphatic heterocycles. The van der Waals surface area contributed by atoms with Crippen LogP contribution < -0.4 is 5.32 Å². The Labute approximate surface area is 184 Å². The number of H-pyrrole nitrogens is 1. The van der Waals surface area contributed by atoms with Gasteiger partial charge >= 0.3 is 0 Å². The minimum Gasteiger partial charge on any atom is -0.360 e. The fourth-order valence-electron chi connectivity index (χ4n) is 3.81. The molecule has 0 saturated carbocycles. The number of aryl methyl sites for hydroxylation is 1. The standard InChI is InChI=1S/C26H21N3OS/c1-17-6-4-7-19(14-17)29-26(30)21-15-28-23-10-5-11-24(25(21)23)31-16-18-12-13-27-22-9-3-2-8-20(18)22/h2-15,28H,16H2,1H3,(H,29,30). The molecule has 5 aromatic rings. The number of aromatic nitrogens is 2. The summed E-state index contributed by atoms with van der Waals surface area (Å²) in [5.74, 6) is 0.686. The highest BCUT2D eigenvalue weighted by molar-refractivity contribution is 7.98. The maximum Gasteiger partial charge on any atom is 0.257 e. The van der Waals surface area contributed by atoms with Crippen molar-refractivity contribution in [1.82, 2.24) is 9.97 Å². The van der Waals surface area contributed by atoms with Crippen molar-refractivity contribution in [3.8, 4) is 0 Å². The summed E-state index contributed by atoms with van der Waals surface area (Å²) in [4.78, 5) is 21.8. The first-order chi connectivity index (χ1) is 15.2. The summed E-state index contributed by atoms with van der Waals surface area (Å²) in [6.07, 6.45) is 3.65. The van der Waals surface area contributed by atoms with Gasteiger partial charge in [0.05, 0.1) is 11.1 Å².